The van der Waals surface area contributed by atoms with Crippen LogP contribution in [0.1, 0.15) is 17.2 Å². The number of ether oxygens (including phenoxy) is 1. The molecule has 3 rings (SSSR count). The maximum absolute atomic E-state index is 6.31. The highest BCUT2D eigenvalue weighted by Crippen LogP contribution is 2.36. The summed E-state index contributed by atoms with van der Waals surface area (Å²) in [7, 11) is 1.91. The molecule has 1 heterocycles. The molecular weight excluding hydrogens is 293 g/mol. The van der Waals surface area contributed by atoms with Crippen molar-refractivity contribution in [1.82, 2.24) is 5.32 Å². The van der Waals surface area contributed by atoms with Crippen molar-refractivity contribution in [2.24, 2.45) is 0 Å². The summed E-state index contributed by atoms with van der Waals surface area (Å²) in [6, 6.07) is 13.7. The number of hydrogen-bond acceptors (Lipinski definition) is 2. The number of fused-ring (bicyclic) bond motifs is 1. The second kappa shape index (κ2) is 5.65. The molecule has 2 aromatic rings. The SMILES string of the molecule is CNC(c1cc(Cl)ccc1Cl)C1Cc2ccccc2O1. The number of benzene rings is 2. The standard InChI is InChI=1S/C16H15Cl2NO/c1-19-16(12-9-11(17)6-7-13(12)18)15-8-10-4-2-3-5-14(10)20-15/h2-7,9,15-16,19H,8H2,1H3. The fraction of sp³-hybridized carbons (Fsp3) is 0.250. The molecule has 0 fully saturated rings. The van der Waals surface area contributed by atoms with Gasteiger partial charge in [-0.25, -0.2) is 0 Å². The Morgan fingerprint density at radius 1 is 1.20 bits per heavy atom. The van der Waals surface area contributed by atoms with E-state index in [2.05, 4.69) is 11.4 Å². The zero-order valence-corrected chi connectivity index (χ0v) is 12.6. The molecule has 1 aliphatic rings. The second-order valence-electron chi connectivity index (χ2n) is 4.90. The van der Waals surface area contributed by atoms with Gasteiger partial charge in [-0.15, -0.1) is 0 Å². The molecule has 20 heavy (non-hydrogen) atoms. The Morgan fingerprint density at radius 2 is 2.00 bits per heavy atom. The van der Waals surface area contributed by atoms with Crippen molar-refractivity contribution in [2.75, 3.05) is 7.05 Å². The predicted molar refractivity (Wildman–Crippen MR) is 82.8 cm³/mol. The molecule has 0 saturated heterocycles. The largest absolute Gasteiger partial charge is 0.488 e. The highest BCUT2D eigenvalue weighted by atomic mass is 35.5. The molecular formula is C16H15Cl2NO. The third kappa shape index (κ3) is 2.51. The fourth-order valence-electron chi connectivity index (χ4n) is 2.69. The third-order valence-corrected chi connectivity index (χ3v) is 4.23. The summed E-state index contributed by atoms with van der Waals surface area (Å²) in [6.45, 7) is 0. The fourth-order valence-corrected chi connectivity index (χ4v) is 3.11. The lowest BCUT2D eigenvalue weighted by Crippen LogP contribution is -2.33. The lowest BCUT2D eigenvalue weighted by molar-refractivity contribution is 0.183. The van der Waals surface area contributed by atoms with Crippen LogP contribution in [0.25, 0.3) is 0 Å². The molecule has 2 nitrogen and oxygen atoms in total. The van der Waals surface area contributed by atoms with E-state index in [9.17, 15) is 0 Å². The van der Waals surface area contributed by atoms with Crippen LogP contribution < -0.4 is 10.1 Å². The summed E-state index contributed by atoms with van der Waals surface area (Å²) in [6.07, 6.45) is 0.887. The van der Waals surface area contributed by atoms with E-state index in [0.717, 1.165) is 17.7 Å². The Bertz CT molecular complexity index is 605. The van der Waals surface area contributed by atoms with Crippen LogP contribution in [0.4, 0.5) is 0 Å². The monoisotopic (exact) mass is 307 g/mol. The van der Waals surface area contributed by atoms with Gasteiger partial charge in [0.2, 0.25) is 0 Å². The molecule has 0 aliphatic carbocycles. The third-order valence-electron chi connectivity index (χ3n) is 3.65. The maximum atomic E-state index is 6.31. The molecule has 1 N–H and O–H groups in total. The molecule has 0 saturated carbocycles. The van der Waals surface area contributed by atoms with Crippen LogP contribution in [0.15, 0.2) is 42.5 Å². The normalized spacial score (nSPS) is 18.4. The average molecular weight is 308 g/mol. The molecule has 0 amide bonds. The Morgan fingerprint density at radius 3 is 2.75 bits per heavy atom. The summed E-state index contributed by atoms with van der Waals surface area (Å²) >= 11 is 12.4. The number of halogens is 2. The first-order valence-corrected chi connectivity index (χ1v) is 7.31. The second-order valence-corrected chi connectivity index (χ2v) is 5.74. The zero-order chi connectivity index (χ0) is 14.1. The van der Waals surface area contributed by atoms with Crippen LogP contribution in [0, 0.1) is 0 Å². The van der Waals surface area contributed by atoms with E-state index < -0.39 is 0 Å². The van der Waals surface area contributed by atoms with E-state index in [1.165, 1.54) is 5.56 Å². The molecule has 2 aromatic carbocycles. The highest BCUT2D eigenvalue weighted by Gasteiger charge is 2.31. The van der Waals surface area contributed by atoms with Gasteiger partial charge in [-0.3, -0.25) is 0 Å². The van der Waals surface area contributed by atoms with Gasteiger partial charge in [0.15, 0.2) is 0 Å². The van der Waals surface area contributed by atoms with Crippen molar-refractivity contribution in [1.29, 1.82) is 0 Å². The van der Waals surface area contributed by atoms with Crippen LogP contribution in [0.3, 0.4) is 0 Å². The van der Waals surface area contributed by atoms with Gasteiger partial charge >= 0.3 is 0 Å². The molecule has 0 bridgehead atoms. The van der Waals surface area contributed by atoms with Crippen molar-refractivity contribution < 1.29 is 4.74 Å². The van der Waals surface area contributed by atoms with E-state index in [0.29, 0.717) is 10.0 Å². The minimum absolute atomic E-state index is 0.00796. The van der Waals surface area contributed by atoms with Crippen molar-refractivity contribution in [3.8, 4) is 5.75 Å². The van der Waals surface area contributed by atoms with Gasteiger partial charge in [-0.05, 0) is 42.4 Å². The van der Waals surface area contributed by atoms with Gasteiger partial charge in [0.25, 0.3) is 0 Å². The van der Waals surface area contributed by atoms with E-state index >= 15 is 0 Å². The maximum Gasteiger partial charge on any atom is 0.123 e. The lowest BCUT2D eigenvalue weighted by Gasteiger charge is -2.24. The molecule has 0 spiro atoms. The van der Waals surface area contributed by atoms with Gasteiger partial charge in [0, 0.05) is 16.5 Å². The molecule has 2 atom stereocenters. The number of para-hydroxylation sites is 1. The van der Waals surface area contributed by atoms with E-state index in [4.69, 9.17) is 27.9 Å². The molecule has 4 heteroatoms. The first kappa shape index (κ1) is 13.7. The number of rotatable bonds is 3. The summed E-state index contributed by atoms with van der Waals surface area (Å²) < 4.78 is 6.05. The molecule has 0 aromatic heterocycles. The Balaban J connectivity index is 1.91. The van der Waals surface area contributed by atoms with Crippen LogP contribution in [-0.4, -0.2) is 13.2 Å². The summed E-state index contributed by atoms with van der Waals surface area (Å²) in [5, 5.41) is 4.68. The van der Waals surface area contributed by atoms with E-state index in [1.807, 2.05) is 37.4 Å². The van der Waals surface area contributed by atoms with Crippen molar-refractivity contribution in [2.45, 2.75) is 18.6 Å². The lowest BCUT2D eigenvalue weighted by atomic mass is 9.98. The number of likely N-dealkylation sites (N-methyl/N-ethyl adjacent to an activating group) is 1. The minimum atomic E-state index is 0.00796. The van der Waals surface area contributed by atoms with Crippen LogP contribution in [0.2, 0.25) is 10.0 Å². The molecule has 104 valence electrons. The predicted octanol–water partition coefficient (Wildman–Crippen LogP) is 4.26. The first-order valence-electron chi connectivity index (χ1n) is 6.56. The quantitative estimate of drug-likeness (QED) is 0.915. The summed E-state index contributed by atoms with van der Waals surface area (Å²) in [5.41, 5.74) is 2.20. The summed E-state index contributed by atoms with van der Waals surface area (Å²) in [4.78, 5) is 0. The van der Waals surface area contributed by atoms with E-state index in [1.54, 1.807) is 6.07 Å². The topological polar surface area (TPSA) is 21.3 Å². The molecule has 1 aliphatic heterocycles. The van der Waals surface area contributed by atoms with Crippen molar-refractivity contribution in [3.63, 3.8) is 0 Å². The highest BCUT2D eigenvalue weighted by molar-refractivity contribution is 6.33. The van der Waals surface area contributed by atoms with Gasteiger partial charge in [0.05, 0.1) is 6.04 Å². The molecule has 0 radical (unpaired) electrons. The molecule has 2 unspecified atom stereocenters. The van der Waals surface area contributed by atoms with Crippen LogP contribution >= 0.6 is 23.2 Å². The Kier molecular flexibility index (Phi) is 3.88. The summed E-state index contributed by atoms with van der Waals surface area (Å²) in [5.74, 6) is 0.955. The smallest absolute Gasteiger partial charge is 0.123 e. The van der Waals surface area contributed by atoms with Crippen molar-refractivity contribution in [3.05, 3.63) is 63.6 Å². The number of hydrogen-bond donors (Lipinski definition) is 1. The minimum Gasteiger partial charge on any atom is -0.488 e. The average Bonchev–Trinajstić information content (AvgIpc) is 2.87. The van der Waals surface area contributed by atoms with E-state index in [-0.39, 0.29) is 12.1 Å². The van der Waals surface area contributed by atoms with Gasteiger partial charge in [-0.1, -0.05) is 41.4 Å². The zero-order valence-electron chi connectivity index (χ0n) is 11.1. The van der Waals surface area contributed by atoms with Crippen LogP contribution in [-0.2, 0) is 6.42 Å². The van der Waals surface area contributed by atoms with Gasteiger partial charge < -0.3 is 10.1 Å². The Hall–Kier alpha value is -1.22. The number of nitrogens with one attached hydrogen (secondary N) is 1. The van der Waals surface area contributed by atoms with Crippen LogP contribution in [0.5, 0.6) is 5.75 Å². The van der Waals surface area contributed by atoms with Gasteiger partial charge in [0.1, 0.15) is 11.9 Å². The van der Waals surface area contributed by atoms with Gasteiger partial charge in [-0.2, -0.15) is 0 Å². The first-order chi connectivity index (χ1) is 9.69. The Labute approximate surface area is 128 Å². The van der Waals surface area contributed by atoms with Crippen molar-refractivity contribution >= 4 is 23.2 Å².